The maximum Gasteiger partial charge on any atom is 0.258 e. The van der Waals surface area contributed by atoms with E-state index in [1.165, 1.54) is 6.07 Å². The summed E-state index contributed by atoms with van der Waals surface area (Å²) < 4.78 is 14.2. The third-order valence-corrected chi connectivity index (χ3v) is 5.14. The smallest absolute Gasteiger partial charge is 0.258 e. The molecule has 0 saturated carbocycles. The molecule has 5 heteroatoms. The summed E-state index contributed by atoms with van der Waals surface area (Å²) >= 11 is 1.97. The second-order valence-corrected chi connectivity index (χ2v) is 7.16. The molecule has 1 heterocycles. The molecule has 24 heavy (non-hydrogen) atoms. The number of aryl methyl sites for hydroxylation is 1. The van der Waals surface area contributed by atoms with E-state index in [4.69, 9.17) is 0 Å². The van der Waals surface area contributed by atoms with E-state index in [0.717, 1.165) is 42.4 Å². The first-order valence-corrected chi connectivity index (χ1v) is 9.25. The van der Waals surface area contributed by atoms with Crippen LogP contribution >= 0.6 is 11.8 Å². The van der Waals surface area contributed by atoms with Crippen LogP contribution in [0.3, 0.4) is 0 Å². The van der Waals surface area contributed by atoms with Crippen LogP contribution in [0.15, 0.2) is 42.5 Å². The molecule has 0 aliphatic carbocycles. The predicted octanol–water partition coefficient (Wildman–Crippen LogP) is 3.94. The Morgan fingerprint density at radius 1 is 1.17 bits per heavy atom. The summed E-state index contributed by atoms with van der Waals surface area (Å²) in [6.07, 6.45) is 0. The molecule has 1 amide bonds. The van der Waals surface area contributed by atoms with Crippen molar-refractivity contribution >= 4 is 23.4 Å². The Labute approximate surface area is 146 Å². The number of nitrogens with zero attached hydrogens (tertiary/aromatic N) is 1. The highest BCUT2D eigenvalue weighted by molar-refractivity contribution is 7.99. The summed E-state index contributed by atoms with van der Waals surface area (Å²) in [6, 6.07) is 12.6. The van der Waals surface area contributed by atoms with Crippen LogP contribution in [0.2, 0.25) is 0 Å². The van der Waals surface area contributed by atoms with E-state index < -0.39 is 11.7 Å². The molecule has 1 N–H and O–H groups in total. The lowest BCUT2D eigenvalue weighted by Crippen LogP contribution is -2.32. The molecule has 0 unspecified atom stereocenters. The van der Waals surface area contributed by atoms with Gasteiger partial charge in [-0.15, -0.1) is 0 Å². The van der Waals surface area contributed by atoms with Gasteiger partial charge in [0.05, 0.1) is 5.56 Å². The maximum atomic E-state index is 14.2. The summed E-state index contributed by atoms with van der Waals surface area (Å²) in [5.74, 6) is 1.42. The Hall–Kier alpha value is -1.85. The third kappa shape index (κ3) is 3.97. The number of amides is 1. The van der Waals surface area contributed by atoms with Crippen molar-refractivity contribution in [3.8, 4) is 0 Å². The van der Waals surface area contributed by atoms with Crippen molar-refractivity contribution in [2.24, 2.45) is 0 Å². The Morgan fingerprint density at radius 2 is 1.92 bits per heavy atom. The van der Waals surface area contributed by atoms with Crippen LogP contribution in [0.25, 0.3) is 0 Å². The van der Waals surface area contributed by atoms with Crippen molar-refractivity contribution in [3.63, 3.8) is 0 Å². The first-order chi connectivity index (χ1) is 11.6. The van der Waals surface area contributed by atoms with Crippen LogP contribution < -0.4 is 5.32 Å². The van der Waals surface area contributed by atoms with Crippen LogP contribution in [-0.4, -0.2) is 35.4 Å². The Bertz CT molecular complexity index is 729. The highest BCUT2D eigenvalue weighted by atomic mass is 32.2. The second kappa shape index (κ2) is 7.81. The van der Waals surface area contributed by atoms with Gasteiger partial charge < -0.3 is 5.32 Å². The predicted molar refractivity (Wildman–Crippen MR) is 98.1 cm³/mol. The SMILES string of the molecule is Cc1cccc(C(=O)Nc2ccccc2CN2CCSCC2)c1F. The first kappa shape index (κ1) is 17.0. The van der Waals surface area contributed by atoms with Gasteiger partial charge in [-0.25, -0.2) is 4.39 Å². The zero-order valence-electron chi connectivity index (χ0n) is 13.7. The molecular weight excluding hydrogens is 323 g/mol. The van der Waals surface area contributed by atoms with E-state index in [1.807, 2.05) is 36.0 Å². The van der Waals surface area contributed by atoms with Crippen molar-refractivity contribution < 1.29 is 9.18 Å². The number of rotatable bonds is 4. The maximum absolute atomic E-state index is 14.2. The molecule has 0 aromatic heterocycles. The van der Waals surface area contributed by atoms with Gasteiger partial charge in [0.15, 0.2) is 0 Å². The summed E-state index contributed by atoms with van der Waals surface area (Å²) in [4.78, 5) is 14.8. The van der Waals surface area contributed by atoms with Crippen molar-refractivity contribution in [1.29, 1.82) is 0 Å². The number of thioether (sulfide) groups is 1. The van der Waals surface area contributed by atoms with Crippen LogP contribution in [0.5, 0.6) is 0 Å². The minimum atomic E-state index is -0.458. The van der Waals surface area contributed by atoms with Gasteiger partial charge in [-0.3, -0.25) is 9.69 Å². The molecule has 0 bridgehead atoms. The highest BCUT2D eigenvalue weighted by Crippen LogP contribution is 2.21. The molecule has 0 atom stereocenters. The normalized spacial score (nSPS) is 15.2. The molecule has 3 nitrogen and oxygen atoms in total. The van der Waals surface area contributed by atoms with Crippen molar-refractivity contribution in [2.45, 2.75) is 13.5 Å². The number of hydrogen-bond donors (Lipinski definition) is 1. The standard InChI is InChI=1S/C19H21FN2OS/c1-14-5-4-7-16(18(14)20)19(23)21-17-8-3-2-6-15(17)13-22-9-11-24-12-10-22/h2-8H,9-13H2,1H3,(H,21,23). The molecule has 3 rings (SSSR count). The van der Waals surface area contributed by atoms with Gasteiger partial charge in [-0.05, 0) is 30.2 Å². The fourth-order valence-electron chi connectivity index (χ4n) is 2.79. The number of para-hydroxylation sites is 1. The number of halogens is 1. The van der Waals surface area contributed by atoms with Crippen molar-refractivity contribution in [1.82, 2.24) is 4.90 Å². The largest absolute Gasteiger partial charge is 0.322 e. The molecule has 1 aliphatic rings. The average molecular weight is 344 g/mol. The molecule has 0 spiro atoms. The van der Waals surface area contributed by atoms with Crippen LogP contribution in [-0.2, 0) is 6.54 Å². The first-order valence-electron chi connectivity index (χ1n) is 8.09. The number of carbonyl (C=O) groups excluding carboxylic acids is 1. The second-order valence-electron chi connectivity index (χ2n) is 5.94. The number of nitrogens with one attached hydrogen (secondary N) is 1. The number of benzene rings is 2. The molecule has 2 aromatic carbocycles. The number of carbonyl (C=O) groups is 1. The third-order valence-electron chi connectivity index (χ3n) is 4.20. The zero-order valence-corrected chi connectivity index (χ0v) is 14.5. The summed E-state index contributed by atoms with van der Waals surface area (Å²) in [6.45, 7) is 4.57. The summed E-state index contributed by atoms with van der Waals surface area (Å²) in [5.41, 5.74) is 2.37. The lowest BCUT2D eigenvalue weighted by atomic mass is 10.1. The van der Waals surface area contributed by atoms with E-state index in [9.17, 15) is 9.18 Å². The average Bonchev–Trinajstić information content (AvgIpc) is 2.60. The Morgan fingerprint density at radius 3 is 2.71 bits per heavy atom. The van der Waals surface area contributed by atoms with E-state index in [0.29, 0.717) is 5.56 Å². The molecule has 1 fully saturated rings. The van der Waals surface area contributed by atoms with Gasteiger partial charge in [0.1, 0.15) is 5.82 Å². The Kier molecular flexibility index (Phi) is 5.53. The molecule has 126 valence electrons. The lowest BCUT2D eigenvalue weighted by molar-refractivity contribution is 0.102. The van der Waals surface area contributed by atoms with E-state index in [1.54, 1.807) is 19.1 Å². The fraction of sp³-hybridized carbons (Fsp3) is 0.316. The van der Waals surface area contributed by atoms with Crippen molar-refractivity contribution in [2.75, 3.05) is 29.9 Å². The lowest BCUT2D eigenvalue weighted by Gasteiger charge is -2.27. The quantitative estimate of drug-likeness (QED) is 0.912. The van der Waals surface area contributed by atoms with Gasteiger partial charge in [0, 0.05) is 36.8 Å². The number of anilines is 1. The topological polar surface area (TPSA) is 32.3 Å². The highest BCUT2D eigenvalue weighted by Gasteiger charge is 2.16. The van der Waals surface area contributed by atoms with Gasteiger partial charge in [0.2, 0.25) is 0 Å². The minimum absolute atomic E-state index is 0.0826. The minimum Gasteiger partial charge on any atom is -0.322 e. The monoisotopic (exact) mass is 344 g/mol. The molecule has 1 saturated heterocycles. The van der Waals surface area contributed by atoms with Gasteiger partial charge in [0.25, 0.3) is 5.91 Å². The Balaban J connectivity index is 1.77. The van der Waals surface area contributed by atoms with E-state index in [-0.39, 0.29) is 5.56 Å². The van der Waals surface area contributed by atoms with Crippen LogP contribution in [0.4, 0.5) is 10.1 Å². The van der Waals surface area contributed by atoms with E-state index in [2.05, 4.69) is 10.2 Å². The van der Waals surface area contributed by atoms with Crippen LogP contribution in [0.1, 0.15) is 21.5 Å². The zero-order chi connectivity index (χ0) is 16.9. The fourth-order valence-corrected chi connectivity index (χ4v) is 3.77. The summed E-state index contributed by atoms with van der Waals surface area (Å²) in [5, 5.41) is 2.87. The molecular formula is C19H21FN2OS. The molecule has 0 radical (unpaired) electrons. The van der Waals surface area contributed by atoms with Gasteiger partial charge in [-0.1, -0.05) is 30.3 Å². The summed E-state index contributed by atoms with van der Waals surface area (Å²) in [7, 11) is 0. The van der Waals surface area contributed by atoms with Crippen LogP contribution in [0, 0.1) is 12.7 Å². The van der Waals surface area contributed by atoms with E-state index >= 15 is 0 Å². The van der Waals surface area contributed by atoms with Gasteiger partial charge in [-0.2, -0.15) is 11.8 Å². The molecule has 2 aromatic rings. The number of hydrogen-bond acceptors (Lipinski definition) is 3. The van der Waals surface area contributed by atoms with Crippen molar-refractivity contribution in [3.05, 3.63) is 65.0 Å². The molecule has 1 aliphatic heterocycles. The van der Waals surface area contributed by atoms with Gasteiger partial charge >= 0.3 is 0 Å².